The van der Waals surface area contributed by atoms with E-state index < -0.39 is 0 Å². The third kappa shape index (κ3) is 4.65. The van der Waals surface area contributed by atoms with Crippen LogP contribution in [-0.2, 0) is 0 Å². The molecule has 0 aliphatic heterocycles. The first-order valence-corrected chi connectivity index (χ1v) is 11.0. The summed E-state index contributed by atoms with van der Waals surface area (Å²) < 4.78 is 5.26. The van der Waals surface area contributed by atoms with Gasteiger partial charge in [-0.25, -0.2) is 4.98 Å². The number of anilines is 2. The molecule has 4 aromatic rings. The van der Waals surface area contributed by atoms with E-state index in [-0.39, 0.29) is 17.7 Å². The number of carbonyl (C=O) groups excluding carboxylic acids is 1. The van der Waals surface area contributed by atoms with Crippen molar-refractivity contribution >= 4 is 39.7 Å². The van der Waals surface area contributed by atoms with E-state index in [9.17, 15) is 4.79 Å². The van der Waals surface area contributed by atoms with Crippen LogP contribution in [0.1, 0.15) is 43.9 Å². The maximum atomic E-state index is 12.7. The second-order valence-corrected chi connectivity index (χ2v) is 8.91. The Morgan fingerprint density at radius 3 is 2.52 bits per heavy atom. The Balaban J connectivity index is 1.78. The molecule has 0 saturated heterocycles. The lowest BCUT2D eigenvalue weighted by atomic mass is 9.96. The SMILES string of the molecule is Cc1cccc(NC(c2ccc(Cl)cc2)c2c(NC(=O)c3ccco3)sc(C)c2C)n1. The Morgan fingerprint density at radius 1 is 1.06 bits per heavy atom. The summed E-state index contributed by atoms with van der Waals surface area (Å²) in [5, 5.41) is 8.03. The average Bonchev–Trinajstić information content (AvgIpc) is 3.37. The van der Waals surface area contributed by atoms with Gasteiger partial charge < -0.3 is 15.1 Å². The van der Waals surface area contributed by atoms with Crippen LogP contribution in [0.2, 0.25) is 5.02 Å². The highest BCUT2D eigenvalue weighted by Gasteiger charge is 2.25. The summed E-state index contributed by atoms with van der Waals surface area (Å²) in [5.74, 6) is 0.744. The molecule has 2 N–H and O–H groups in total. The second kappa shape index (κ2) is 8.96. The molecule has 0 spiro atoms. The summed E-state index contributed by atoms with van der Waals surface area (Å²) in [7, 11) is 0. The van der Waals surface area contributed by atoms with Crippen molar-refractivity contribution in [2.24, 2.45) is 0 Å². The number of nitrogens with one attached hydrogen (secondary N) is 2. The van der Waals surface area contributed by atoms with Crippen molar-refractivity contribution in [3.05, 3.63) is 98.9 Å². The molecule has 7 heteroatoms. The molecule has 1 amide bonds. The second-order valence-electron chi connectivity index (χ2n) is 7.25. The first-order valence-electron chi connectivity index (χ1n) is 9.83. The number of pyridine rings is 1. The molecule has 0 aliphatic carbocycles. The van der Waals surface area contributed by atoms with Crippen LogP contribution in [-0.4, -0.2) is 10.9 Å². The monoisotopic (exact) mass is 451 g/mol. The standard InChI is InChI=1S/C24H22ClN3O2S/c1-14-6-4-8-20(26-14)27-22(17-9-11-18(25)12-10-17)21-15(2)16(3)31-24(21)28-23(29)19-7-5-13-30-19/h4-13,22H,1-3H3,(H,26,27)(H,28,29). The van der Waals surface area contributed by atoms with Gasteiger partial charge in [0, 0.05) is 21.2 Å². The average molecular weight is 452 g/mol. The predicted octanol–water partition coefficient (Wildman–Crippen LogP) is 6.77. The first kappa shape index (κ1) is 21.2. The normalized spacial score (nSPS) is 11.9. The number of carbonyl (C=O) groups is 1. The first-order chi connectivity index (χ1) is 14.9. The molecule has 5 nitrogen and oxygen atoms in total. The Bertz CT molecular complexity index is 1200. The van der Waals surface area contributed by atoms with Crippen LogP contribution in [0.3, 0.4) is 0 Å². The molecule has 4 rings (SSSR count). The molecular weight excluding hydrogens is 430 g/mol. The third-order valence-corrected chi connectivity index (χ3v) is 6.47. The van der Waals surface area contributed by atoms with E-state index in [2.05, 4.69) is 29.5 Å². The molecule has 1 unspecified atom stereocenters. The van der Waals surface area contributed by atoms with Crippen LogP contribution in [0, 0.1) is 20.8 Å². The van der Waals surface area contributed by atoms with Crippen LogP contribution in [0.15, 0.2) is 65.3 Å². The van der Waals surface area contributed by atoms with E-state index in [1.54, 1.807) is 23.5 Å². The quantitative estimate of drug-likeness (QED) is 0.339. The summed E-state index contributed by atoms with van der Waals surface area (Å²) >= 11 is 7.68. The van der Waals surface area contributed by atoms with Crippen LogP contribution < -0.4 is 10.6 Å². The van der Waals surface area contributed by atoms with E-state index in [1.165, 1.54) is 6.26 Å². The van der Waals surface area contributed by atoms with Gasteiger partial charge in [0.2, 0.25) is 0 Å². The van der Waals surface area contributed by atoms with Crippen LogP contribution >= 0.6 is 22.9 Å². The predicted molar refractivity (Wildman–Crippen MR) is 126 cm³/mol. The van der Waals surface area contributed by atoms with Gasteiger partial charge in [-0.3, -0.25) is 4.79 Å². The number of furan rings is 1. The van der Waals surface area contributed by atoms with E-state index in [0.717, 1.165) is 38.1 Å². The summed E-state index contributed by atoms with van der Waals surface area (Å²) in [6.45, 7) is 6.07. The van der Waals surface area contributed by atoms with Gasteiger partial charge in [0.25, 0.3) is 5.91 Å². The van der Waals surface area contributed by atoms with Gasteiger partial charge >= 0.3 is 0 Å². The van der Waals surface area contributed by atoms with Gasteiger partial charge in [0.15, 0.2) is 5.76 Å². The molecule has 0 saturated carbocycles. The van der Waals surface area contributed by atoms with E-state index >= 15 is 0 Å². The summed E-state index contributed by atoms with van der Waals surface area (Å²) in [5.41, 5.74) is 4.04. The number of aromatic nitrogens is 1. The topological polar surface area (TPSA) is 67.2 Å². The zero-order valence-corrected chi connectivity index (χ0v) is 19.0. The Kier molecular flexibility index (Phi) is 6.11. The Hall–Kier alpha value is -3.09. The largest absolute Gasteiger partial charge is 0.459 e. The van der Waals surface area contributed by atoms with Gasteiger partial charge in [-0.05, 0) is 68.3 Å². The molecule has 1 atom stereocenters. The number of halogens is 1. The summed E-state index contributed by atoms with van der Waals surface area (Å²) in [6, 6.07) is 16.7. The minimum atomic E-state index is -0.281. The molecule has 3 aromatic heterocycles. The van der Waals surface area contributed by atoms with Gasteiger partial charge in [-0.15, -0.1) is 11.3 Å². The molecule has 1 aromatic carbocycles. The van der Waals surface area contributed by atoms with E-state index in [4.69, 9.17) is 16.0 Å². The number of hydrogen-bond donors (Lipinski definition) is 2. The fraction of sp³-hybridized carbons (Fsp3) is 0.167. The number of amides is 1. The summed E-state index contributed by atoms with van der Waals surface area (Å²) in [4.78, 5) is 18.4. The number of aryl methyl sites for hydroxylation is 2. The Labute approximate surface area is 190 Å². The molecule has 3 heterocycles. The third-order valence-electron chi connectivity index (χ3n) is 5.08. The van der Waals surface area contributed by atoms with Crippen LogP contribution in [0.5, 0.6) is 0 Å². The fourth-order valence-electron chi connectivity index (χ4n) is 3.41. The molecule has 158 valence electrons. The highest BCUT2D eigenvalue weighted by molar-refractivity contribution is 7.16. The molecule has 0 radical (unpaired) electrons. The lowest BCUT2D eigenvalue weighted by Gasteiger charge is -2.22. The highest BCUT2D eigenvalue weighted by atomic mass is 35.5. The fourth-order valence-corrected chi connectivity index (χ4v) is 4.63. The van der Waals surface area contributed by atoms with Crippen LogP contribution in [0.25, 0.3) is 0 Å². The zero-order chi connectivity index (χ0) is 22.0. The van der Waals surface area contributed by atoms with E-state index in [1.807, 2.05) is 49.4 Å². The molecule has 0 aliphatic rings. The van der Waals surface area contributed by atoms with Gasteiger partial charge in [0.1, 0.15) is 10.8 Å². The number of rotatable bonds is 6. The van der Waals surface area contributed by atoms with Crippen molar-refractivity contribution in [3.63, 3.8) is 0 Å². The van der Waals surface area contributed by atoms with Crippen LogP contribution in [0.4, 0.5) is 10.8 Å². The van der Waals surface area contributed by atoms with Crippen molar-refractivity contribution in [3.8, 4) is 0 Å². The molecular formula is C24H22ClN3O2S. The smallest absolute Gasteiger partial charge is 0.291 e. The zero-order valence-electron chi connectivity index (χ0n) is 17.4. The van der Waals surface area contributed by atoms with Crippen molar-refractivity contribution < 1.29 is 9.21 Å². The minimum absolute atomic E-state index is 0.233. The molecule has 0 bridgehead atoms. The number of benzene rings is 1. The lowest BCUT2D eigenvalue weighted by molar-refractivity contribution is 0.0997. The van der Waals surface area contributed by atoms with Crippen molar-refractivity contribution in [1.29, 1.82) is 0 Å². The maximum Gasteiger partial charge on any atom is 0.291 e. The Morgan fingerprint density at radius 2 is 1.84 bits per heavy atom. The molecule has 31 heavy (non-hydrogen) atoms. The molecule has 0 fully saturated rings. The van der Waals surface area contributed by atoms with Crippen molar-refractivity contribution in [2.45, 2.75) is 26.8 Å². The minimum Gasteiger partial charge on any atom is -0.459 e. The summed E-state index contributed by atoms with van der Waals surface area (Å²) in [6.07, 6.45) is 1.49. The highest BCUT2D eigenvalue weighted by Crippen LogP contribution is 2.41. The van der Waals surface area contributed by atoms with E-state index in [0.29, 0.717) is 5.02 Å². The number of nitrogens with zero attached hydrogens (tertiary/aromatic N) is 1. The number of hydrogen-bond acceptors (Lipinski definition) is 5. The number of thiophene rings is 1. The van der Waals surface area contributed by atoms with Gasteiger partial charge in [-0.2, -0.15) is 0 Å². The lowest BCUT2D eigenvalue weighted by Crippen LogP contribution is -2.17. The van der Waals surface area contributed by atoms with Crippen molar-refractivity contribution in [2.75, 3.05) is 10.6 Å². The van der Waals surface area contributed by atoms with Gasteiger partial charge in [-0.1, -0.05) is 29.8 Å². The van der Waals surface area contributed by atoms with Gasteiger partial charge in [0.05, 0.1) is 12.3 Å². The van der Waals surface area contributed by atoms with Crippen molar-refractivity contribution in [1.82, 2.24) is 4.98 Å². The maximum absolute atomic E-state index is 12.7.